The van der Waals surface area contributed by atoms with Gasteiger partial charge in [0, 0.05) is 31.9 Å². The predicted octanol–water partition coefficient (Wildman–Crippen LogP) is 4.46. The summed E-state index contributed by atoms with van der Waals surface area (Å²) in [5, 5.41) is 5.81. The second-order valence-electron chi connectivity index (χ2n) is 10.3. The average Bonchev–Trinajstić information content (AvgIpc) is 3.35. The first-order valence-electron chi connectivity index (χ1n) is 13.7. The van der Waals surface area contributed by atoms with Gasteiger partial charge < -0.3 is 19.7 Å². The van der Waals surface area contributed by atoms with Gasteiger partial charge in [-0.3, -0.25) is 9.69 Å². The van der Waals surface area contributed by atoms with Crippen LogP contribution in [0, 0.1) is 13.8 Å². The number of hydrogen-bond acceptors (Lipinski definition) is 8. The van der Waals surface area contributed by atoms with Crippen LogP contribution in [0.4, 0.5) is 0 Å². The lowest BCUT2D eigenvalue weighted by atomic mass is 9.90. The number of carbonyl (C=O) groups is 2. The number of amides is 1. The van der Waals surface area contributed by atoms with E-state index in [0.717, 1.165) is 66.0 Å². The molecule has 0 aliphatic carbocycles. The lowest BCUT2D eigenvalue weighted by Crippen LogP contribution is -2.42. The first-order chi connectivity index (χ1) is 19.4. The monoisotopic (exact) mass is 560 g/mol. The van der Waals surface area contributed by atoms with Gasteiger partial charge in [0.1, 0.15) is 6.61 Å². The Balaban J connectivity index is 1.37. The van der Waals surface area contributed by atoms with Crippen LogP contribution in [0.3, 0.4) is 0 Å². The van der Waals surface area contributed by atoms with Gasteiger partial charge in [-0.2, -0.15) is 0 Å². The summed E-state index contributed by atoms with van der Waals surface area (Å²) in [6, 6.07) is 15.5. The van der Waals surface area contributed by atoms with Gasteiger partial charge >= 0.3 is 5.97 Å². The van der Waals surface area contributed by atoms with Crippen molar-refractivity contribution in [3.63, 3.8) is 0 Å². The second-order valence-corrected chi connectivity index (χ2v) is 11.1. The van der Waals surface area contributed by atoms with Crippen LogP contribution < -0.4 is 5.32 Å². The van der Waals surface area contributed by atoms with E-state index in [9.17, 15) is 9.59 Å². The molecule has 0 aromatic heterocycles. The number of hydrogen-bond donors (Lipinski definition) is 1. The molecule has 40 heavy (non-hydrogen) atoms. The minimum Gasteiger partial charge on any atom is -0.457 e. The van der Waals surface area contributed by atoms with E-state index < -0.39 is 12.0 Å². The van der Waals surface area contributed by atoms with Crippen LogP contribution in [0.2, 0.25) is 0 Å². The number of allylic oxidation sites excluding steroid dienone is 1. The molecule has 210 valence electrons. The Labute approximate surface area is 240 Å². The van der Waals surface area contributed by atoms with Crippen LogP contribution in [-0.2, 0) is 25.7 Å². The fraction of sp³-hybridized carbons (Fsp3) is 0.387. The molecule has 3 heterocycles. The van der Waals surface area contributed by atoms with Crippen molar-refractivity contribution in [1.82, 2.24) is 15.1 Å². The first kappa shape index (κ1) is 28.1. The summed E-state index contributed by atoms with van der Waals surface area (Å²) in [6.45, 7) is 10.7. The fourth-order valence-electron chi connectivity index (χ4n) is 5.19. The van der Waals surface area contributed by atoms with Gasteiger partial charge in [0.15, 0.2) is 5.17 Å². The summed E-state index contributed by atoms with van der Waals surface area (Å²) in [5.74, 6) is -0.457. The van der Waals surface area contributed by atoms with E-state index in [0.29, 0.717) is 17.8 Å². The maximum atomic E-state index is 13.7. The number of rotatable bonds is 9. The number of esters is 1. The molecule has 3 aliphatic heterocycles. The number of nitrogens with one attached hydrogen (secondary N) is 1. The molecular weight excluding hydrogens is 524 g/mol. The number of fused-ring (bicyclic) bond motifs is 1. The van der Waals surface area contributed by atoms with Gasteiger partial charge in [0.25, 0.3) is 0 Å². The number of carbonyl (C=O) groups excluding carboxylic acids is 2. The Morgan fingerprint density at radius 1 is 1.10 bits per heavy atom. The highest BCUT2D eigenvalue weighted by atomic mass is 32.2. The summed E-state index contributed by atoms with van der Waals surface area (Å²) in [4.78, 5) is 35.8. The summed E-state index contributed by atoms with van der Waals surface area (Å²) >= 11 is 1.48. The summed E-state index contributed by atoms with van der Waals surface area (Å²) < 4.78 is 11.2. The van der Waals surface area contributed by atoms with E-state index in [1.165, 1.54) is 11.8 Å². The van der Waals surface area contributed by atoms with Gasteiger partial charge in [0.05, 0.1) is 36.9 Å². The van der Waals surface area contributed by atoms with Gasteiger partial charge in [-0.25, -0.2) is 9.79 Å². The van der Waals surface area contributed by atoms with Crippen LogP contribution >= 0.6 is 11.8 Å². The second kappa shape index (κ2) is 12.8. The minimum absolute atomic E-state index is 0.0550. The summed E-state index contributed by atoms with van der Waals surface area (Å²) in [6.07, 6.45) is 0.196. The molecule has 9 heteroatoms. The number of morpholine rings is 1. The number of aliphatic imine (C=N–C) groups is 1. The molecule has 1 atom stereocenters. The highest BCUT2D eigenvalue weighted by Gasteiger charge is 2.41. The molecule has 0 radical (unpaired) electrons. The van der Waals surface area contributed by atoms with Gasteiger partial charge in [0.2, 0.25) is 5.91 Å². The summed E-state index contributed by atoms with van der Waals surface area (Å²) in [5.41, 5.74) is 6.02. The molecule has 1 N–H and O–H groups in total. The summed E-state index contributed by atoms with van der Waals surface area (Å²) in [7, 11) is 0. The Morgan fingerprint density at radius 2 is 1.88 bits per heavy atom. The number of amidine groups is 1. The van der Waals surface area contributed by atoms with Crippen LogP contribution in [0.25, 0.3) is 0 Å². The zero-order valence-corrected chi connectivity index (χ0v) is 24.1. The molecule has 1 saturated heterocycles. The van der Waals surface area contributed by atoms with Crippen molar-refractivity contribution in [2.75, 3.05) is 39.4 Å². The molecule has 1 unspecified atom stereocenters. The predicted molar refractivity (Wildman–Crippen MR) is 157 cm³/mol. The Kier molecular flexibility index (Phi) is 9.04. The number of aryl methyl sites for hydroxylation is 2. The molecule has 8 nitrogen and oxygen atoms in total. The third kappa shape index (κ3) is 6.49. The van der Waals surface area contributed by atoms with Gasteiger partial charge in [-0.15, -0.1) is 0 Å². The lowest BCUT2D eigenvalue weighted by molar-refractivity contribution is -0.141. The van der Waals surface area contributed by atoms with E-state index in [1.807, 2.05) is 61.4 Å². The Morgan fingerprint density at radius 3 is 2.65 bits per heavy atom. The standard InChI is InChI=1S/C31H36N4O4S/c1-21-9-10-22(2)26(17-21)29-28(30(37)39-19-24-7-5-4-6-8-24)23(3)33-31-35(29)25(20-40-31)18-27(36)32-11-12-34-13-15-38-16-14-34/h4-10,17,20,29H,11-16,18-19H2,1-3H3,(H,32,36). The average molecular weight is 561 g/mol. The smallest absolute Gasteiger partial charge is 0.338 e. The molecule has 1 fully saturated rings. The van der Waals surface area contributed by atoms with Crippen molar-refractivity contribution in [3.8, 4) is 0 Å². The highest BCUT2D eigenvalue weighted by molar-refractivity contribution is 8.16. The lowest BCUT2D eigenvalue weighted by Gasteiger charge is -2.37. The number of benzene rings is 2. The minimum atomic E-state index is -0.446. The highest BCUT2D eigenvalue weighted by Crippen LogP contribution is 2.45. The third-order valence-corrected chi connectivity index (χ3v) is 8.25. The normalized spacial score (nSPS) is 19.2. The van der Waals surface area contributed by atoms with E-state index in [2.05, 4.69) is 28.4 Å². The molecule has 5 rings (SSSR count). The molecule has 2 aromatic rings. The van der Waals surface area contributed by atoms with Crippen molar-refractivity contribution in [3.05, 3.63) is 93.2 Å². The first-order valence-corrected chi connectivity index (χ1v) is 14.6. The van der Waals surface area contributed by atoms with Crippen molar-refractivity contribution in [1.29, 1.82) is 0 Å². The molecule has 0 spiro atoms. The number of ether oxygens (including phenoxy) is 2. The Hall–Kier alpha value is -3.40. The Bertz CT molecular complexity index is 1350. The van der Waals surface area contributed by atoms with E-state index in [1.54, 1.807) is 0 Å². The van der Waals surface area contributed by atoms with E-state index >= 15 is 0 Å². The molecule has 1 amide bonds. The maximum Gasteiger partial charge on any atom is 0.338 e. The van der Waals surface area contributed by atoms with Crippen molar-refractivity contribution < 1.29 is 19.1 Å². The van der Waals surface area contributed by atoms with Crippen LogP contribution in [0.15, 0.2) is 75.9 Å². The molecule has 0 saturated carbocycles. The van der Waals surface area contributed by atoms with Gasteiger partial charge in [-0.1, -0.05) is 65.9 Å². The topological polar surface area (TPSA) is 83.5 Å². The molecule has 3 aliphatic rings. The third-order valence-electron chi connectivity index (χ3n) is 7.36. The number of thioether (sulfide) groups is 1. The van der Waals surface area contributed by atoms with E-state index in [-0.39, 0.29) is 18.9 Å². The molecule has 2 aromatic carbocycles. The molecule has 0 bridgehead atoms. The fourth-order valence-corrected chi connectivity index (χ4v) is 6.15. The maximum absolute atomic E-state index is 13.7. The largest absolute Gasteiger partial charge is 0.457 e. The zero-order chi connectivity index (χ0) is 28.1. The van der Waals surface area contributed by atoms with Crippen molar-refractivity contribution >= 4 is 28.8 Å². The van der Waals surface area contributed by atoms with Crippen LogP contribution in [-0.4, -0.2) is 66.2 Å². The SMILES string of the molecule is CC1=C(C(=O)OCc2ccccc2)C(c2cc(C)ccc2C)N2C(CC(=O)NCCN3CCOCC3)=CSC2=N1. The van der Waals surface area contributed by atoms with Crippen molar-refractivity contribution in [2.24, 2.45) is 4.99 Å². The van der Waals surface area contributed by atoms with Crippen molar-refractivity contribution in [2.45, 2.75) is 39.8 Å². The molecular formula is C31H36N4O4S. The van der Waals surface area contributed by atoms with Crippen LogP contribution in [0.1, 0.15) is 41.6 Å². The van der Waals surface area contributed by atoms with Crippen LogP contribution in [0.5, 0.6) is 0 Å². The zero-order valence-electron chi connectivity index (χ0n) is 23.3. The number of nitrogens with zero attached hydrogens (tertiary/aromatic N) is 3. The quantitative estimate of drug-likeness (QED) is 0.454. The van der Waals surface area contributed by atoms with Gasteiger partial charge in [-0.05, 0) is 42.9 Å². The van der Waals surface area contributed by atoms with E-state index in [4.69, 9.17) is 14.5 Å².